The minimum absolute atomic E-state index is 0.120. The third kappa shape index (κ3) is 6.22. The lowest BCUT2D eigenvalue weighted by molar-refractivity contribution is -0.129. The van der Waals surface area contributed by atoms with E-state index >= 15 is 0 Å². The van der Waals surface area contributed by atoms with Gasteiger partial charge >= 0.3 is 6.09 Å². The molecule has 0 aliphatic heterocycles. The number of hydrogen-bond acceptors (Lipinski definition) is 5. The Morgan fingerprint density at radius 2 is 1.96 bits per heavy atom. The summed E-state index contributed by atoms with van der Waals surface area (Å²) in [6.45, 7) is 6.32. The normalized spacial score (nSPS) is 11.0. The SMILES string of the molecule is CCOC(=O)N(/C=C(/C#N)C(=O)N(Cc1ccccc1)C(C)C)CCN. The fourth-order valence-electron chi connectivity index (χ4n) is 2.27. The molecule has 0 saturated carbocycles. The van der Waals surface area contributed by atoms with Gasteiger partial charge in [0.1, 0.15) is 11.6 Å². The third-order valence-corrected chi connectivity index (χ3v) is 3.59. The number of nitrogens with two attached hydrogens (primary N) is 1. The molecular formula is C19H26N4O3. The van der Waals surface area contributed by atoms with E-state index < -0.39 is 12.0 Å². The quantitative estimate of drug-likeness (QED) is 0.567. The van der Waals surface area contributed by atoms with Crippen molar-refractivity contribution >= 4 is 12.0 Å². The molecule has 1 aromatic carbocycles. The molecule has 0 saturated heterocycles. The summed E-state index contributed by atoms with van der Waals surface area (Å²) in [5.74, 6) is -0.447. The van der Waals surface area contributed by atoms with Gasteiger partial charge in [-0.1, -0.05) is 30.3 Å². The van der Waals surface area contributed by atoms with E-state index in [0.29, 0.717) is 6.54 Å². The zero-order valence-electron chi connectivity index (χ0n) is 15.5. The predicted molar refractivity (Wildman–Crippen MR) is 98.6 cm³/mol. The predicted octanol–water partition coefficient (Wildman–Crippen LogP) is 2.25. The Labute approximate surface area is 154 Å². The van der Waals surface area contributed by atoms with E-state index in [2.05, 4.69) is 0 Å². The minimum Gasteiger partial charge on any atom is -0.449 e. The van der Waals surface area contributed by atoms with Crippen LogP contribution in [0.25, 0.3) is 0 Å². The Bertz CT molecular complexity index is 665. The van der Waals surface area contributed by atoms with Crippen molar-refractivity contribution in [2.24, 2.45) is 5.73 Å². The molecule has 0 fully saturated rings. The van der Waals surface area contributed by atoms with Crippen LogP contribution in [0.5, 0.6) is 0 Å². The number of amides is 2. The average molecular weight is 358 g/mol. The Morgan fingerprint density at radius 1 is 1.31 bits per heavy atom. The van der Waals surface area contributed by atoms with Gasteiger partial charge in [-0.25, -0.2) is 4.79 Å². The van der Waals surface area contributed by atoms with Crippen molar-refractivity contribution in [2.75, 3.05) is 19.7 Å². The molecule has 0 atom stereocenters. The zero-order valence-corrected chi connectivity index (χ0v) is 15.5. The van der Waals surface area contributed by atoms with E-state index in [1.165, 1.54) is 6.20 Å². The molecule has 0 bridgehead atoms. The molecule has 0 unspecified atom stereocenters. The summed E-state index contributed by atoms with van der Waals surface area (Å²) in [7, 11) is 0. The van der Waals surface area contributed by atoms with Crippen LogP contribution in [-0.4, -0.2) is 47.5 Å². The molecule has 0 aromatic heterocycles. The number of carbonyl (C=O) groups excluding carboxylic acids is 2. The van der Waals surface area contributed by atoms with E-state index in [0.717, 1.165) is 10.5 Å². The van der Waals surface area contributed by atoms with Gasteiger partial charge < -0.3 is 15.4 Å². The van der Waals surface area contributed by atoms with E-state index in [-0.39, 0.29) is 31.3 Å². The van der Waals surface area contributed by atoms with Crippen LogP contribution in [0.2, 0.25) is 0 Å². The summed E-state index contributed by atoms with van der Waals surface area (Å²) in [6, 6.07) is 11.3. The van der Waals surface area contributed by atoms with Gasteiger partial charge in [-0.3, -0.25) is 9.69 Å². The van der Waals surface area contributed by atoms with Crippen molar-refractivity contribution in [2.45, 2.75) is 33.4 Å². The first-order valence-electron chi connectivity index (χ1n) is 8.54. The van der Waals surface area contributed by atoms with Crippen LogP contribution in [0.4, 0.5) is 4.79 Å². The molecule has 2 amide bonds. The van der Waals surface area contributed by atoms with Crippen molar-refractivity contribution in [3.05, 3.63) is 47.7 Å². The molecule has 0 spiro atoms. The van der Waals surface area contributed by atoms with Crippen molar-refractivity contribution in [3.8, 4) is 6.07 Å². The van der Waals surface area contributed by atoms with Gasteiger partial charge in [0, 0.05) is 31.9 Å². The van der Waals surface area contributed by atoms with Crippen LogP contribution < -0.4 is 5.73 Å². The molecule has 0 radical (unpaired) electrons. The van der Waals surface area contributed by atoms with Crippen LogP contribution >= 0.6 is 0 Å². The summed E-state index contributed by atoms with van der Waals surface area (Å²) in [4.78, 5) is 27.6. The largest absolute Gasteiger partial charge is 0.449 e. The number of nitriles is 1. The molecule has 0 heterocycles. The lowest BCUT2D eigenvalue weighted by Crippen LogP contribution is -2.38. The van der Waals surface area contributed by atoms with Crippen molar-refractivity contribution in [1.82, 2.24) is 9.80 Å². The Hall–Kier alpha value is -2.85. The van der Waals surface area contributed by atoms with Gasteiger partial charge in [-0.15, -0.1) is 0 Å². The van der Waals surface area contributed by atoms with Crippen LogP contribution in [0.1, 0.15) is 26.3 Å². The minimum atomic E-state index is -0.641. The second-order valence-electron chi connectivity index (χ2n) is 5.85. The first-order chi connectivity index (χ1) is 12.4. The second-order valence-corrected chi connectivity index (χ2v) is 5.85. The van der Waals surface area contributed by atoms with E-state index in [1.807, 2.05) is 50.2 Å². The first kappa shape index (κ1) is 21.2. The van der Waals surface area contributed by atoms with Gasteiger partial charge in [-0.2, -0.15) is 5.26 Å². The maximum absolute atomic E-state index is 12.9. The Morgan fingerprint density at radius 3 is 2.46 bits per heavy atom. The maximum atomic E-state index is 12.9. The number of carbonyl (C=O) groups is 2. The molecule has 26 heavy (non-hydrogen) atoms. The molecular weight excluding hydrogens is 332 g/mol. The maximum Gasteiger partial charge on any atom is 0.413 e. The average Bonchev–Trinajstić information content (AvgIpc) is 2.63. The molecule has 7 nitrogen and oxygen atoms in total. The Balaban J connectivity index is 3.08. The second kappa shape index (κ2) is 10.9. The Kier molecular flexibility index (Phi) is 8.88. The topological polar surface area (TPSA) is 99.7 Å². The van der Waals surface area contributed by atoms with Gasteiger partial charge in [0.05, 0.1) is 6.61 Å². The number of benzene rings is 1. The van der Waals surface area contributed by atoms with Crippen molar-refractivity contribution < 1.29 is 14.3 Å². The summed E-state index contributed by atoms with van der Waals surface area (Å²) in [6.07, 6.45) is 0.575. The summed E-state index contributed by atoms with van der Waals surface area (Å²) >= 11 is 0. The highest BCUT2D eigenvalue weighted by atomic mass is 16.6. The van der Waals surface area contributed by atoms with E-state index in [4.69, 9.17) is 10.5 Å². The standard InChI is InChI=1S/C19H26N4O3/c1-4-26-19(25)22(11-10-20)14-17(12-21)18(24)23(15(2)3)13-16-8-6-5-7-9-16/h5-9,14-15H,4,10-11,13,20H2,1-3H3/b17-14-. The molecule has 0 aliphatic rings. The number of hydrogen-bond donors (Lipinski definition) is 1. The molecule has 140 valence electrons. The third-order valence-electron chi connectivity index (χ3n) is 3.59. The van der Waals surface area contributed by atoms with E-state index in [9.17, 15) is 14.9 Å². The van der Waals surface area contributed by atoms with Crippen LogP contribution in [0.3, 0.4) is 0 Å². The number of nitrogens with zero attached hydrogens (tertiary/aromatic N) is 3. The monoisotopic (exact) mass is 358 g/mol. The summed E-state index contributed by atoms with van der Waals surface area (Å²) < 4.78 is 4.94. The lowest BCUT2D eigenvalue weighted by atomic mass is 10.1. The number of rotatable bonds is 8. The summed E-state index contributed by atoms with van der Waals surface area (Å²) in [5.41, 5.74) is 6.32. The van der Waals surface area contributed by atoms with Gasteiger partial charge in [-0.05, 0) is 26.3 Å². The highest BCUT2D eigenvalue weighted by molar-refractivity contribution is 5.97. The highest BCUT2D eigenvalue weighted by Gasteiger charge is 2.23. The van der Waals surface area contributed by atoms with Crippen molar-refractivity contribution in [1.29, 1.82) is 5.26 Å². The lowest BCUT2D eigenvalue weighted by Gasteiger charge is -2.27. The highest BCUT2D eigenvalue weighted by Crippen LogP contribution is 2.13. The fraction of sp³-hybridized carbons (Fsp3) is 0.421. The molecule has 0 aliphatic carbocycles. The smallest absolute Gasteiger partial charge is 0.413 e. The van der Waals surface area contributed by atoms with Gasteiger partial charge in [0.2, 0.25) is 0 Å². The molecule has 1 aromatic rings. The van der Waals surface area contributed by atoms with Gasteiger partial charge in [0.25, 0.3) is 5.91 Å². The number of ether oxygens (including phenoxy) is 1. The first-order valence-corrected chi connectivity index (χ1v) is 8.54. The zero-order chi connectivity index (χ0) is 19.5. The summed E-state index contributed by atoms with van der Waals surface area (Å²) in [5, 5.41) is 9.45. The van der Waals surface area contributed by atoms with Crippen LogP contribution in [-0.2, 0) is 16.1 Å². The molecule has 2 N–H and O–H groups in total. The molecule has 7 heteroatoms. The fourth-order valence-corrected chi connectivity index (χ4v) is 2.27. The van der Waals surface area contributed by atoms with Crippen LogP contribution in [0, 0.1) is 11.3 Å². The van der Waals surface area contributed by atoms with Crippen molar-refractivity contribution in [3.63, 3.8) is 0 Å². The molecule has 1 rings (SSSR count). The van der Waals surface area contributed by atoms with E-state index in [1.54, 1.807) is 11.8 Å². The van der Waals surface area contributed by atoms with Gasteiger partial charge in [0.15, 0.2) is 0 Å². The van der Waals surface area contributed by atoms with Crippen LogP contribution in [0.15, 0.2) is 42.1 Å².